The normalized spacial score (nSPS) is 24.2. The number of nitrogens with zero attached hydrogens (tertiary/aromatic N) is 3. The fourth-order valence-electron chi connectivity index (χ4n) is 6.46. The summed E-state index contributed by atoms with van der Waals surface area (Å²) in [5.74, 6) is 0.331. The second kappa shape index (κ2) is 12.1. The average molecular weight is 550 g/mol. The quantitative estimate of drug-likeness (QED) is 0.497. The highest BCUT2D eigenvalue weighted by molar-refractivity contribution is 5.82. The van der Waals surface area contributed by atoms with Gasteiger partial charge in [0.05, 0.1) is 12.1 Å². The maximum Gasteiger partial charge on any atom is 0.282 e. The Labute approximate surface area is 225 Å². The first-order chi connectivity index (χ1) is 18.8. The zero-order chi connectivity index (χ0) is 27.5. The minimum absolute atomic E-state index is 0.0336. The number of nitrogens with one attached hydrogen (secondary N) is 2. The molecule has 11 heteroatoms. The number of piperidine rings is 2. The summed E-state index contributed by atoms with van der Waals surface area (Å²) < 4.78 is 53.1. The van der Waals surface area contributed by atoms with Crippen molar-refractivity contribution >= 4 is 11.8 Å². The lowest BCUT2D eigenvalue weighted by molar-refractivity contribution is -0.133. The van der Waals surface area contributed by atoms with E-state index < -0.39 is 36.7 Å². The van der Waals surface area contributed by atoms with Gasteiger partial charge >= 0.3 is 0 Å². The van der Waals surface area contributed by atoms with Crippen LogP contribution in [0, 0.1) is 11.8 Å². The molecule has 1 aromatic heterocycles. The van der Waals surface area contributed by atoms with Gasteiger partial charge in [0.1, 0.15) is 17.9 Å². The Morgan fingerprint density at radius 1 is 1.03 bits per heavy atom. The molecule has 2 fully saturated rings. The van der Waals surface area contributed by atoms with E-state index in [0.717, 1.165) is 51.5 Å². The number of alkyl halides is 4. The van der Waals surface area contributed by atoms with Gasteiger partial charge in [-0.15, -0.1) is 0 Å². The molecule has 0 saturated carbocycles. The summed E-state index contributed by atoms with van der Waals surface area (Å²) in [6.45, 7) is 1.20. The molecule has 2 aromatic rings. The van der Waals surface area contributed by atoms with E-state index in [1.807, 2.05) is 12.1 Å². The highest BCUT2D eigenvalue weighted by Crippen LogP contribution is 2.34. The number of likely N-dealkylation sites (tertiary alicyclic amines) is 1. The van der Waals surface area contributed by atoms with Crippen LogP contribution in [0.5, 0.6) is 0 Å². The van der Waals surface area contributed by atoms with E-state index in [4.69, 9.17) is 0 Å². The van der Waals surface area contributed by atoms with Crippen LogP contribution in [0.25, 0.3) is 0 Å². The number of hydrogen-bond acceptors (Lipinski definition) is 4. The largest absolute Gasteiger partial charge is 0.348 e. The van der Waals surface area contributed by atoms with Gasteiger partial charge in [0.25, 0.3) is 12.9 Å². The van der Waals surface area contributed by atoms with Crippen molar-refractivity contribution in [3.05, 3.63) is 52.8 Å². The summed E-state index contributed by atoms with van der Waals surface area (Å²) >= 11 is 0. The van der Waals surface area contributed by atoms with Gasteiger partial charge in [-0.05, 0) is 80.5 Å². The van der Waals surface area contributed by atoms with Crippen LogP contribution in [0.4, 0.5) is 17.6 Å². The van der Waals surface area contributed by atoms with Crippen LogP contribution in [0.15, 0.2) is 30.3 Å². The highest BCUT2D eigenvalue weighted by Gasteiger charge is 2.35. The van der Waals surface area contributed by atoms with Crippen molar-refractivity contribution in [1.29, 1.82) is 0 Å². The Kier molecular flexibility index (Phi) is 8.54. The molecule has 1 aliphatic carbocycles. The molecule has 7 nitrogen and oxygen atoms in total. The zero-order valence-electron chi connectivity index (χ0n) is 21.8. The molecule has 1 aromatic carbocycles. The van der Waals surface area contributed by atoms with Crippen LogP contribution in [-0.4, -0.2) is 52.2 Å². The van der Waals surface area contributed by atoms with E-state index >= 15 is 0 Å². The maximum absolute atomic E-state index is 13.3. The molecule has 3 unspecified atom stereocenters. The summed E-state index contributed by atoms with van der Waals surface area (Å²) in [5, 5.41) is 10.2. The summed E-state index contributed by atoms with van der Waals surface area (Å²) in [6.07, 6.45) is 0.248. The fourth-order valence-corrected chi connectivity index (χ4v) is 6.46. The number of benzene rings is 1. The minimum Gasteiger partial charge on any atom is -0.348 e. The van der Waals surface area contributed by atoms with Crippen molar-refractivity contribution in [2.75, 3.05) is 19.6 Å². The first-order valence-electron chi connectivity index (χ1n) is 13.8. The Morgan fingerprint density at radius 3 is 2.54 bits per heavy atom. The SMILES string of the molecule is O=C(NC1CCCc2ccccc21)C1CC(C2CCN(C(=O)Cn3nc(C(F)F)cc3C(F)F)CC2)CCN1. The van der Waals surface area contributed by atoms with E-state index in [2.05, 4.69) is 27.9 Å². The van der Waals surface area contributed by atoms with Crippen molar-refractivity contribution in [2.45, 2.75) is 76.4 Å². The average Bonchev–Trinajstić information content (AvgIpc) is 3.38. The van der Waals surface area contributed by atoms with E-state index in [1.54, 1.807) is 4.90 Å². The summed E-state index contributed by atoms with van der Waals surface area (Å²) in [5.41, 5.74) is 1.08. The number of hydrogen-bond donors (Lipinski definition) is 2. The summed E-state index contributed by atoms with van der Waals surface area (Å²) in [6, 6.07) is 8.73. The summed E-state index contributed by atoms with van der Waals surface area (Å²) in [7, 11) is 0. The molecule has 2 amide bonds. The summed E-state index contributed by atoms with van der Waals surface area (Å²) in [4.78, 5) is 27.6. The molecule has 3 aliphatic rings. The van der Waals surface area contributed by atoms with Gasteiger partial charge in [-0.1, -0.05) is 24.3 Å². The number of aromatic nitrogens is 2. The molecule has 0 bridgehead atoms. The second-order valence-electron chi connectivity index (χ2n) is 10.9. The molecule has 0 radical (unpaired) electrons. The van der Waals surface area contributed by atoms with E-state index in [0.29, 0.717) is 35.7 Å². The smallest absolute Gasteiger partial charge is 0.282 e. The van der Waals surface area contributed by atoms with Crippen molar-refractivity contribution in [3.63, 3.8) is 0 Å². The third-order valence-corrected chi connectivity index (χ3v) is 8.57. The number of aryl methyl sites for hydroxylation is 1. The van der Waals surface area contributed by atoms with Gasteiger partial charge in [-0.2, -0.15) is 5.10 Å². The van der Waals surface area contributed by atoms with Gasteiger partial charge in [0, 0.05) is 13.1 Å². The zero-order valence-corrected chi connectivity index (χ0v) is 21.8. The minimum atomic E-state index is -3.00. The Bertz CT molecular complexity index is 1160. The molecule has 2 saturated heterocycles. The van der Waals surface area contributed by atoms with Crippen molar-refractivity contribution < 1.29 is 27.2 Å². The van der Waals surface area contributed by atoms with E-state index in [1.165, 1.54) is 11.1 Å². The third kappa shape index (κ3) is 6.28. The Balaban J connectivity index is 1.13. The number of carbonyl (C=O) groups excluding carboxylic acids is 2. The second-order valence-corrected chi connectivity index (χ2v) is 10.9. The van der Waals surface area contributed by atoms with Gasteiger partial charge in [0.2, 0.25) is 11.8 Å². The molecular weight excluding hydrogens is 514 g/mol. The van der Waals surface area contributed by atoms with Crippen molar-refractivity contribution in [2.24, 2.45) is 11.8 Å². The predicted molar refractivity (Wildman–Crippen MR) is 136 cm³/mol. The molecule has 3 heterocycles. The maximum atomic E-state index is 13.3. The van der Waals surface area contributed by atoms with E-state index in [9.17, 15) is 27.2 Å². The Hall–Kier alpha value is -2.95. The van der Waals surface area contributed by atoms with Gasteiger partial charge in [-0.25, -0.2) is 17.6 Å². The topological polar surface area (TPSA) is 79.3 Å². The van der Waals surface area contributed by atoms with Gasteiger partial charge in [0.15, 0.2) is 0 Å². The van der Waals surface area contributed by atoms with Crippen LogP contribution in [0.3, 0.4) is 0 Å². The van der Waals surface area contributed by atoms with Crippen molar-refractivity contribution in [1.82, 2.24) is 25.3 Å². The molecule has 3 atom stereocenters. The standard InChI is InChI=1S/C28H35F4N5O2/c29-26(30)22-15-24(27(31)32)37(35-22)16-25(38)36-12-9-17(10-13-36)19-8-11-33-23(14-19)28(39)34-21-7-3-5-18-4-1-2-6-20(18)21/h1-2,4,6,15,17,19,21,23,26-27,33H,3,5,7-14,16H2,(H,34,39). The van der Waals surface area contributed by atoms with Crippen LogP contribution in [0.1, 0.15) is 79.9 Å². The van der Waals surface area contributed by atoms with Gasteiger partial charge in [-0.3, -0.25) is 14.3 Å². The van der Waals surface area contributed by atoms with Crippen LogP contribution in [-0.2, 0) is 22.6 Å². The molecular formula is C28H35F4N5O2. The highest BCUT2D eigenvalue weighted by atomic mass is 19.3. The molecule has 39 heavy (non-hydrogen) atoms. The van der Waals surface area contributed by atoms with Gasteiger partial charge < -0.3 is 15.5 Å². The van der Waals surface area contributed by atoms with Crippen LogP contribution >= 0.6 is 0 Å². The van der Waals surface area contributed by atoms with Crippen LogP contribution in [0.2, 0.25) is 0 Å². The lowest BCUT2D eigenvalue weighted by Crippen LogP contribution is -2.51. The molecule has 2 aliphatic heterocycles. The lowest BCUT2D eigenvalue weighted by atomic mass is 9.77. The third-order valence-electron chi connectivity index (χ3n) is 8.57. The molecule has 212 valence electrons. The lowest BCUT2D eigenvalue weighted by Gasteiger charge is -2.40. The van der Waals surface area contributed by atoms with E-state index in [-0.39, 0.29) is 18.0 Å². The monoisotopic (exact) mass is 549 g/mol. The number of halogens is 4. The fraction of sp³-hybridized carbons (Fsp3) is 0.607. The number of rotatable bonds is 7. The molecule has 5 rings (SSSR count). The first kappa shape index (κ1) is 27.6. The predicted octanol–water partition coefficient (Wildman–Crippen LogP) is 4.56. The number of fused-ring (bicyclic) bond motifs is 1. The Morgan fingerprint density at radius 2 is 1.79 bits per heavy atom. The number of carbonyl (C=O) groups is 2. The first-order valence-corrected chi connectivity index (χ1v) is 13.8. The molecule has 2 N–H and O–H groups in total. The van der Waals surface area contributed by atoms with Crippen LogP contribution < -0.4 is 10.6 Å². The molecule has 0 spiro atoms. The number of amides is 2. The van der Waals surface area contributed by atoms with Crippen molar-refractivity contribution in [3.8, 4) is 0 Å².